The van der Waals surface area contributed by atoms with Crippen molar-refractivity contribution in [3.63, 3.8) is 0 Å². The van der Waals surface area contributed by atoms with Gasteiger partial charge in [0.25, 0.3) is 0 Å². The van der Waals surface area contributed by atoms with E-state index in [1.807, 2.05) is 6.07 Å². The first-order chi connectivity index (χ1) is 7.42. The molecule has 0 N–H and O–H groups in total. The minimum atomic E-state index is -1.65. The molecule has 1 rings (SSSR count). The maximum absolute atomic E-state index is 11.4. The molecule has 0 saturated carbocycles. The summed E-state index contributed by atoms with van der Waals surface area (Å²) in [7, 11) is 0. The van der Waals surface area contributed by atoms with Crippen LogP contribution in [0.1, 0.15) is 5.56 Å². The monoisotopic (exact) mass is 279 g/mol. The number of ether oxygens (including phenoxy) is 1. The van der Waals surface area contributed by atoms with E-state index in [1.54, 1.807) is 6.07 Å². The molecule has 0 radical (unpaired) electrons. The number of hydrogen-bond acceptors (Lipinski definition) is 3. The second-order valence-electron chi connectivity index (χ2n) is 2.78. The molecule has 0 spiro atoms. The summed E-state index contributed by atoms with van der Waals surface area (Å²) < 4.78 is 4.15. The highest BCUT2D eigenvalue weighted by Crippen LogP contribution is 2.25. The summed E-state index contributed by atoms with van der Waals surface area (Å²) in [5.74, 6) is 0. The summed E-state index contributed by atoms with van der Waals surface area (Å²) in [4.78, 5) is 11.4. The van der Waals surface area contributed by atoms with Crippen LogP contribution in [0.4, 0.5) is 4.79 Å². The van der Waals surface area contributed by atoms with E-state index in [2.05, 4.69) is 0 Å². The molecule has 0 amide bonds. The molecule has 0 aliphatic heterocycles. The van der Waals surface area contributed by atoms with E-state index < -0.39 is 9.89 Å². The Bertz CT molecular complexity index is 437. The molecule has 1 heterocycles. The van der Waals surface area contributed by atoms with Gasteiger partial charge in [-0.15, -0.1) is 0 Å². The van der Waals surface area contributed by atoms with Crippen LogP contribution in [0.15, 0.2) is 24.5 Å². The Labute approximate surface area is 107 Å². The normalized spacial score (nSPS) is 10.6. The number of carbonyl (C=O) groups excluding carboxylic acids is 1. The van der Waals surface area contributed by atoms with Crippen LogP contribution < -0.4 is 4.57 Å². The van der Waals surface area contributed by atoms with Crippen molar-refractivity contribution in [3.05, 3.63) is 30.1 Å². The van der Waals surface area contributed by atoms with Gasteiger partial charge in [0.1, 0.15) is 18.2 Å². The molecule has 84 valence electrons. The number of hydrogen-bond donors (Lipinski definition) is 0. The molecule has 0 fully saturated rings. The number of rotatable bonds is 1. The highest BCUT2D eigenvalue weighted by atomic mass is 35.6. The van der Waals surface area contributed by atoms with Gasteiger partial charge in [0, 0.05) is 6.07 Å². The predicted octanol–water partition coefficient (Wildman–Crippen LogP) is 2.20. The SMILES string of the molecule is N#Cc1ccc[n+](C(=O)OCC(Cl)(Cl)Cl)c1. The molecule has 4 nitrogen and oxygen atoms in total. The quantitative estimate of drug-likeness (QED) is 0.585. The van der Waals surface area contributed by atoms with E-state index in [9.17, 15) is 4.79 Å². The highest BCUT2D eigenvalue weighted by Gasteiger charge is 2.26. The number of nitrogens with zero attached hydrogens (tertiary/aromatic N) is 2. The largest absolute Gasteiger partial charge is 0.602 e. The predicted molar refractivity (Wildman–Crippen MR) is 58.4 cm³/mol. The van der Waals surface area contributed by atoms with Crippen LogP contribution in [-0.2, 0) is 4.74 Å². The first-order valence-corrected chi connectivity index (χ1v) is 5.21. The number of aromatic nitrogens is 1. The first kappa shape index (κ1) is 13.0. The van der Waals surface area contributed by atoms with Crippen molar-refractivity contribution in [2.45, 2.75) is 3.79 Å². The lowest BCUT2D eigenvalue weighted by atomic mass is 10.3. The van der Waals surface area contributed by atoms with Crippen molar-refractivity contribution in [2.75, 3.05) is 6.61 Å². The van der Waals surface area contributed by atoms with Crippen LogP contribution in [0.3, 0.4) is 0 Å². The Balaban J connectivity index is 2.71. The van der Waals surface area contributed by atoms with Crippen molar-refractivity contribution in [1.82, 2.24) is 0 Å². The molecule has 0 aliphatic rings. The molecule has 7 heteroatoms. The molecule has 1 aromatic rings. The lowest BCUT2D eigenvalue weighted by Gasteiger charge is -2.07. The molecule has 0 atom stereocenters. The Morgan fingerprint density at radius 3 is 2.81 bits per heavy atom. The van der Waals surface area contributed by atoms with Gasteiger partial charge in [0.15, 0.2) is 12.4 Å². The number of carbonyl (C=O) groups is 1. The number of nitriles is 1. The first-order valence-electron chi connectivity index (χ1n) is 4.08. The lowest BCUT2D eigenvalue weighted by Crippen LogP contribution is -2.44. The minimum Gasteiger partial charge on any atom is -0.407 e. The summed E-state index contributed by atoms with van der Waals surface area (Å²) in [6.45, 7) is -0.361. The van der Waals surface area contributed by atoms with Crippen LogP contribution in [-0.4, -0.2) is 16.5 Å². The molecule has 0 unspecified atom stereocenters. The van der Waals surface area contributed by atoms with Crippen molar-refractivity contribution in [1.29, 1.82) is 5.26 Å². The Morgan fingerprint density at radius 1 is 1.56 bits per heavy atom. The van der Waals surface area contributed by atoms with Gasteiger partial charge in [-0.05, 0) is 6.07 Å². The average Bonchev–Trinajstić information content (AvgIpc) is 2.25. The smallest absolute Gasteiger partial charge is 0.407 e. The van der Waals surface area contributed by atoms with Crippen LogP contribution in [0.5, 0.6) is 0 Å². The second kappa shape index (κ2) is 5.35. The Morgan fingerprint density at radius 2 is 2.25 bits per heavy atom. The van der Waals surface area contributed by atoms with E-state index in [0.29, 0.717) is 5.56 Å². The summed E-state index contributed by atoms with van der Waals surface area (Å²) in [6.07, 6.45) is 2.03. The van der Waals surface area contributed by atoms with Gasteiger partial charge in [-0.3, -0.25) is 0 Å². The van der Waals surface area contributed by atoms with Gasteiger partial charge in [-0.25, -0.2) is 0 Å². The molecule has 0 bridgehead atoms. The van der Waals surface area contributed by atoms with Crippen LogP contribution in [0.2, 0.25) is 0 Å². The fourth-order valence-corrected chi connectivity index (χ4v) is 1.04. The number of pyridine rings is 1. The fraction of sp³-hybridized carbons (Fsp3) is 0.222. The summed E-state index contributed by atoms with van der Waals surface area (Å²) in [5, 5.41) is 8.62. The van der Waals surface area contributed by atoms with Gasteiger partial charge in [-0.1, -0.05) is 39.4 Å². The maximum Gasteiger partial charge on any atom is 0.602 e. The Kier molecular flexibility index (Phi) is 4.36. The highest BCUT2D eigenvalue weighted by molar-refractivity contribution is 6.67. The zero-order chi connectivity index (χ0) is 12.2. The van der Waals surface area contributed by atoms with E-state index in [1.165, 1.54) is 18.5 Å². The van der Waals surface area contributed by atoms with Crippen LogP contribution in [0.25, 0.3) is 0 Å². The van der Waals surface area contributed by atoms with E-state index in [-0.39, 0.29) is 6.61 Å². The standard InChI is InChI=1S/C9H6Cl3N2O2/c10-9(11,12)6-16-8(15)14-3-1-2-7(4-13)5-14/h1-3,5H,6H2/q+1. The maximum atomic E-state index is 11.4. The molecular weight excluding hydrogens is 274 g/mol. The van der Waals surface area contributed by atoms with Crippen molar-refractivity contribution < 1.29 is 14.1 Å². The number of halogens is 3. The summed E-state index contributed by atoms with van der Waals surface area (Å²) in [6, 6.07) is 4.98. The van der Waals surface area contributed by atoms with E-state index >= 15 is 0 Å². The summed E-state index contributed by atoms with van der Waals surface area (Å²) >= 11 is 16.2. The molecule has 1 aromatic heterocycles. The van der Waals surface area contributed by atoms with Crippen molar-refractivity contribution in [3.8, 4) is 6.07 Å². The lowest BCUT2D eigenvalue weighted by molar-refractivity contribution is -0.586. The van der Waals surface area contributed by atoms with Crippen LogP contribution in [0, 0.1) is 11.3 Å². The zero-order valence-electron chi connectivity index (χ0n) is 7.86. The summed E-state index contributed by atoms with van der Waals surface area (Å²) in [5.41, 5.74) is 0.327. The van der Waals surface area contributed by atoms with Gasteiger partial charge in [0.2, 0.25) is 3.79 Å². The molecular formula is C9H6Cl3N2O2+. The van der Waals surface area contributed by atoms with Crippen molar-refractivity contribution in [2.24, 2.45) is 0 Å². The number of alkyl halides is 3. The third-order valence-corrected chi connectivity index (χ3v) is 1.83. The molecule has 16 heavy (non-hydrogen) atoms. The Hall–Kier alpha value is -1.02. The fourth-order valence-electron chi connectivity index (χ4n) is 0.873. The van der Waals surface area contributed by atoms with Gasteiger partial charge >= 0.3 is 6.09 Å². The molecule has 0 aliphatic carbocycles. The van der Waals surface area contributed by atoms with E-state index in [4.69, 9.17) is 44.8 Å². The van der Waals surface area contributed by atoms with Gasteiger partial charge in [-0.2, -0.15) is 10.1 Å². The van der Waals surface area contributed by atoms with Crippen LogP contribution >= 0.6 is 34.8 Å². The van der Waals surface area contributed by atoms with E-state index in [0.717, 1.165) is 4.57 Å². The topological polar surface area (TPSA) is 54.0 Å². The van der Waals surface area contributed by atoms with Gasteiger partial charge in [0.05, 0.1) is 0 Å². The van der Waals surface area contributed by atoms with Gasteiger partial charge < -0.3 is 4.74 Å². The second-order valence-corrected chi connectivity index (χ2v) is 5.30. The molecule has 0 saturated heterocycles. The zero-order valence-corrected chi connectivity index (χ0v) is 10.1. The third kappa shape index (κ3) is 4.23. The third-order valence-electron chi connectivity index (χ3n) is 1.50. The van der Waals surface area contributed by atoms with Crippen molar-refractivity contribution >= 4 is 40.9 Å². The minimum absolute atomic E-state index is 0.327. The molecule has 0 aromatic carbocycles. The average molecular weight is 281 g/mol.